The number of carbonyl (C=O) groups excluding carboxylic acids is 3. The Labute approximate surface area is 198 Å². The molecule has 8 nitrogen and oxygen atoms in total. The third kappa shape index (κ3) is 4.50. The van der Waals surface area contributed by atoms with E-state index in [0.29, 0.717) is 30.0 Å². The first kappa shape index (κ1) is 22.4. The zero-order chi connectivity index (χ0) is 23.5. The fourth-order valence-corrected chi connectivity index (χ4v) is 4.99. The van der Waals surface area contributed by atoms with Gasteiger partial charge < -0.3 is 19.8 Å². The second-order valence-electron chi connectivity index (χ2n) is 8.93. The Balaban J connectivity index is 1.43. The number of furan rings is 1. The Hall–Kier alpha value is -3.39. The lowest BCUT2D eigenvalue weighted by molar-refractivity contribution is -0.125. The molecule has 3 heterocycles. The van der Waals surface area contributed by atoms with E-state index in [2.05, 4.69) is 10.6 Å². The molecular formula is C26H29N3O5. The van der Waals surface area contributed by atoms with E-state index in [0.717, 1.165) is 43.7 Å². The van der Waals surface area contributed by atoms with Crippen LogP contribution in [0, 0.1) is 0 Å². The Kier molecular flexibility index (Phi) is 6.49. The fourth-order valence-electron chi connectivity index (χ4n) is 4.99. The van der Waals surface area contributed by atoms with Gasteiger partial charge in [-0.15, -0.1) is 0 Å². The molecule has 1 aromatic heterocycles. The average molecular weight is 464 g/mol. The smallest absolute Gasteiger partial charge is 0.228 e. The predicted molar refractivity (Wildman–Crippen MR) is 126 cm³/mol. The number of rotatable bonds is 6. The van der Waals surface area contributed by atoms with Crippen LogP contribution in [0.4, 0.5) is 11.4 Å². The van der Waals surface area contributed by atoms with E-state index in [1.165, 1.54) is 0 Å². The number of amides is 2. The van der Waals surface area contributed by atoms with Gasteiger partial charge in [-0.3, -0.25) is 19.3 Å². The first-order valence-electron chi connectivity index (χ1n) is 12.0. The Morgan fingerprint density at radius 2 is 1.97 bits per heavy atom. The van der Waals surface area contributed by atoms with Crippen molar-refractivity contribution in [1.82, 2.24) is 5.32 Å². The largest absolute Gasteiger partial charge is 0.467 e. The highest BCUT2D eigenvalue weighted by Gasteiger charge is 2.40. The van der Waals surface area contributed by atoms with Crippen LogP contribution in [0.5, 0.6) is 0 Å². The van der Waals surface area contributed by atoms with Crippen molar-refractivity contribution in [1.29, 1.82) is 0 Å². The first-order chi connectivity index (χ1) is 16.6. The Bertz CT molecular complexity index is 1100. The van der Waals surface area contributed by atoms with Crippen molar-refractivity contribution in [3.63, 3.8) is 0 Å². The monoisotopic (exact) mass is 463 g/mol. The summed E-state index contributed by atoms with van der Waals surface area (Å²) in [4.78, 5) is 40.9. The number of ether oxygens (including phenoxy) is 1. The minimum atomic E-state index is -0.684. The molecule has 0 saturated carbocycles. The summed E-state index contributed by atoms with van der Waals surface area (Å²) in [5, 5.41) is 6.29. The normalized spacial score (nSPS) is 22.0. The maximum atomic E-state index is 13.7. The molecule has 0 spiro atoms. The molecular weight excluding hydrogens is 434 g/mol. The molecule has 1 saturated heterocycles. The van der Waals surface area contributed by atoms with Crippen LogP contribution in [0.25, 0.3) is 0 Å². The third-order valence-electron chi connectivity index (χ3n) is 6.64. The lowest BCUT2D eigenvalue weighted by atomic mass is 9.88. The van der Waals surface area contributed by atoms with Crippen molar-refractivity contribution in [3.05, 3.63) is 59.7 Å². The van der Waals surface area contributed by atoms with Gasteiger partial charge in [-0.05, 0) is 49.9 Å². The summed E-state index contributed by atoms with van der Waals surface area (Å²) < 4.78 is 11.3. The van der Waals surface area contributed by atoms with E-state index >= 15 is 0 Å². The lowest BCUT2D eigenvalue weighted by Crippen LogP contribution is -2.39. The maximum absolute atomic E-state index is 13.7. The summed E-state index contributed by atoms with van der Waals surface area (Å²) >= 11 is 0. The van der Waals surface area contributed by atoms with Crippen molar-refractivity contribution in [2.24, 2.45) is 0 Å². The molecule has 5 rings (SSSR count). The number of nitrogens with zero attached hydrogens (tertiary/aromatic N) is 1. The van der Waals surface area contributed by atoms with Gasteiger partial charge >= 0.3 is 0 Å². The van der Waals surface area contributed by atoms with Crippen LogP contribution in [0.3, 0.4) is 0 Å². The predicted octanol–water partition coefficient (Wildman–Crippen LogP) is 3.86. The zero-order valence-electron chi connectivity index (χ0n) is 19.0. The van der Waals surface area contributed by atoms with Gasteiger partial charge in [0.05, 0.1) is 23.7 Å². The average Bonchev–Trinajstić information content (AvgIpc) is 3.53. The van der Waals surface area contributed by atoms with Crippen LogP contribution < -0.4 is 15.5 Å². The van der Waals surface area contributed by atoms with E-state index in [-0.39, 0.29) is 36.5 Å². The van der Waals surface area contributed by atoms with Crippen LogP contribution in [-0.4, -0.2) is 36.9 Å². The number of nitrogens with one attached hydrogen (secondary N) is 2. The second kappa shape index (κ2) is 9.85. The number of Topliss-reactive ketones (excluding diaryl/α,β-unsaturated/α-hetero) is 1. The highest BCUT2D eigenvalue weighted by molar-refractivity contribution is 6.06. The molecule has 2 unspecified atom stereocenters. The topological polar surface area (TPSA) is 101 Å². The highest BCUT2D eigenvalue weighted by atomic mass is 16.5. The summed E-state index contributed by atoms with van der Waals surface area (Å²) in [7, 11) is 0. The molecule has 2 atom stereocenters. The number of ketones is 1. The zero-order valence-corrected chi connectivity index (χ0v) is 19.0. The minimum Gasteiger partial charge on any atom is -0.467 e. The minimum absolute atomic E-state index is 0.00932. The van der Waals surface area contributed by atoms with Crippen molar-refractivity contribution < 1.29 is 23.5 Å². The molecule has 2 N–H and O–H groups in total. The quantitative estimate of drug-likeness (QED) is 0.675. The molecule has 178 valence electrons. The molecule has 3 aliphatic rings. The van der Waals surface area contributed by atoms with Crippen LogP contribution in [0.15, 0.2) is 58.3 Å². The van der Waals surface area contributed by atoms with Gasteiger partial charge in [0.15, 0.2) is 5.78 Å². The first-order valence-corrected chi connectivity index (χ1v) is 12.0. The van der Waals surface area contributed by atoms with Crippen LogP contribution in [0.1, 0.15) is 56.7 Å². The molecule has 1 aliphatic carbocycles. The Morgan fingerprint density at radius 3 is 2.76 bits per heavy atom. The highest BCUT2D eigenvalue weighted by Crippen LogP contribution is 2.45. The number of para-hydroxylation sites is 2. The number of fused-ring (bicyclic) bond motifs is 1. The summed E-state index contributed by atoms with van der Waals surface area (Å²) in [5.41, 5.74) is 2.81. The van der Waals surface area contributed by atoms with E-state index in [1.807, 2.05) is 24.3 Å². The van der Waals surface area contributed by atoms with Crippen molar-refractivity contribution in [2.45, 2.75) is 57.1 Å². The van der Waals surface area contributed by atoms with E-state index in [1.54, 1.807) is 23.3 Å². The number of allylic oxidation sites excluding steroid dienone is 1. The van der Waals surface area contributed by atoms with Gasteiger partial charge in [-0.25, -0.2) is 0 Å². The molecule has 34 heavy (non-hydrogen) atoms. The number of anilines is 2. The molecule has 1 aromatic carbocycles. The van der Waals surface area contributed by atoms with Crippen LogP contribution in [0.2, 0.25) is 0 Å². The van der Waals surface area contributed by atoms with Gasteiger partial charge in [0.1, 0.15) is 11.8 Å². The molecule has 8 heteroatoms. The number of carbonyl (C=O) groups is 3. The third-order valence-corrected chi connectivity index (χ3v) is 6.64. The number of benzene rings is 1. The SMILES string of the molecule is O=C(CCC(=O)N1c2ccccc2NC2=C(C(=O)CCC2)C1c1ccco1)NCC1CCCO1. The van der Waals surface area contributed by atoms with E-state index < -0.39 is 6.04 Å². The van der Waals surface area contributed by atoms with Gasteiger partial charge in [-0.1, -0.05) is 12.1 Å². The summed E-state index contributed by atoms with van der Waals surface area (Å²) in [6.07, 6.45) is 5.53. The molecule has 2 aromatic rings. The van der Waals surface area contributed by atoms with E-state index in [9.17, 15) is 14.4 Å². The summed E-state index contributed by atoms with van der Waals surface area (Å²) in [5.74, 6) is 0.107. The van der Waals surface area contributed by atoms with Gasteiger partial charge in [0.25, 0.3) is 0 Å². The van der Waals surface area contributed by atoms with Crippen LogP contribution in [-0.2, 0) is 19.1 Å². The standard InChI is InChI=1S/C26H29N3O5/c30-21-10-3-8-19-25(21)26(22-11-5-15-34-22)29(20-9-2-1-7-18(20)28-19)24(32)13-12-23(31)27-16-17-6-4-14-33-17/h1-2,5,7,9,11,15,17,26,28H,3-4,6,8,10,12-14,16H2,(H,27,31). The van der Waals surface area contributed by atoms with Crippen molar-refractivity contribution in [3.8, 4) is 0 Å². The summed E-state index contributed by atoms with van der Waals surface area (Å²) in [6.45, 7) is 1.19. The van der Waals surface area contributed by atoms with Crippen LogP contribution >= 0.6 is 0 Å². The molecule has 1 fully saturated rings. The molecule has 2 amide bonds. The fraction of sp³-hybridized carbons (Fsp3) is 0.423. The second-order valence-corrected chi connectivity index (χ2v) is 8.93. The summed E-state index contributed by atoms with van der Waals surface area (Å²) in [6, 6.07) is 10.4. The van der Waals surface area contributed by atoms with Gasteiger partial charge in [0.2, 0.25) is 11.8 Å². The van der Waals surface area contributed by atoms with E-state index in [4.69, 9.17) is 9.15 Å². The molecule has 0 bridgehead atoms. The molecule has 0 radical (unpaired) electrons. The van der Waals surface area contributed by atoms with Gasteiger partial charge in [-0.2, -0.15) is 0 Å². The maximum Gasteiger partial charge on any atom is 0.228 e. The van der Waals surface area contributed by atoms with Crippen molar-refractivity contribution in [2.75, 3.05) is 23.4 Å². The number of hydrogen-bond donors (Lipinski definition) is 2. The lowest BCUT2D eigenvalue weighted by Gasteiger charge is -2.32. The van der Waals surface area contributed by atoms with Gasteiger partial charge in [0, 0.05) is 43.7 Å². The number of hydrogen-bond acceptors (Lipinski definition) is 6. The Morgan fingerprint density at radius 1 is 1.09 bits per heavy atom. The van der Waals surface area contributed by atoms with Crippen molar-refractivity contribution >= 4 is 29.0 Å². The molecule has 2 aliphatic heterocycles.